The third-order valence-corrected chi connectivity index (χ3v) is 0.607. The highest BCUT2D eigenvalue weighted by Gasteiger charge is 1.65. The van der Waals surface area contributed by atoms with Crippen molar-refractivity contribution in [2.24, 2.45) is 0 Å². The van der Waals surface area contributed by atoms with Gasteiger partial charge in [0.25, 0.3) is 0 Å². The number of hydrogen-bond donors (Lipinski definition) is 0. The Labute approximate surface area is 64.3 Å². The van der Waals surface area contributed by atoms with E-state index in [0.29, 0.717) is 0 Å². The smallest absolute Gasteiger partial charge is 0.166 e. The van der Waals surface area contributed by atoms with E-state index in [4.69, 9.17) is 17.5 Å². The van der Waals surface area contributed by atoms with E-state index >= 15 is 0 Å². The molecule has 0 aliphatic carbocycles. The fourth-order valence-electron chi connectivity index (χ4n) is 0.342. The standard InChI is InChI=1S/C5H5N.H2O4S/c1-2-4-6-5-3-1;1-5(2,3)4/h1-5H;(H2,1,2,3,4)/p-1. The molecule has 62 valence electrons. The molecule has 0 atom stereocenters. The molecule has 0 fully saturated rings. The third-order valence-electron chi connectivity index (χ3n) is 0.607. The third kappa shape index (κ3) is 17.6. The lowest BCUT2D eigenvalue weighted by atomic mass is 10.5. The molecule has 1 aromatic rings. The second-order valence-corrected chi connectivity index (χ2v) is 2.30. The van der Waals surface area contributed by atoms with Gasteiger partial charge in [-0.05, 0) is 0 Å². The quantitative estimate of drug-likeness (QED) is 0.380. The van der Waals surface area contributed by atoms with Crippen molar-refractivity contribution >= 4 is 10.4 Å². The van der Waals surface area contributed by atoms with Gasteiger partial charge in [-0.25, -0.2) is 4.98 Å². The number of aromatic amines is 1. The summed E-state index contributed by atoms with van der Waals surface area (Å²) in [5.74, 6) is 0. The van der Waals surface area contributed by atoms with Gasteiger partial charge in [0.2, 0.25) is 0 Å². The summed E-state index contributed by atoms with van der Waals surface area (Å²) in [7, 11) is -5.17. The van der Waals surface area contributed by atoms with Crippen LogP contribution in [0.3, 0.4) is 0 Å². The number of hydrogen-bond acceptors (Lipinski definition) is 4. The van der Waals surface area contributed by atoms with Gasteiger partial charge >= 0.3 is 0 Å². The van der Waals surface area contributed by atoms with E-state index in [1.54, 1.807) is 0 Å². The van der Waals surface area contributed by atoms with Crippen LogP contribution in [0.5, 0.6) is 0 Å². The van der Waals surface area contributed by atoms with E-state index in [0.717, 1.165) is 0 Å². The summed E-state index contributed by atoms with van der Waals surface area (Å²) < 4.78 is 34.1. The normalized spacial score (nSPS) is 9.64. The Morgan fingerprint density at radius 3 is 1.45 bits per heavy atom. The van der Waals surface area contributed by atoms with Crippen molar-refractivity contribution in [3.8, 4) is 0 Å². The van der Waals surface area contributed by atoms with Gasteiger partial charge in [-0.3, -0.25) is 8.42 Å². The Kier molecular flexibility index (Phi) is 4.35. The summed E-state index contributed by atoms with van der Waals surface area (Å²) in [5.41, 5.74) is 0. The van der Waals surface area contributed by atoms with Crippen LogP contribution in [-0.4, -0.2) is 17.5 Å². The topological polar surface area (TPSA) is 94.4 Å². The number of H-pyrrole nitrogens is 1. The summed E-state index contributed by atoms with van der Waals surface area (Å²) in [5, 5.41) is 0. The molecular formula is C5H6NO4S-. The monoisotopic (exact) mass is 176 g/mol. The van der Waals surface area contributed by atoms with Gasteiger partial charge in [-0.2, -0.15) is 0 Å². The maximum Gasteiger partial charge on any atom is 0.166 e. The molecule has 11 heavy (non-hydrogen) atoms. The molecule has 1 rings (SSSR count). The van der Waals surface area contributed by atoms with Crippen molar-refractivity contribution in [1.29, 1.82) is 0 Å². The molecule has 1 N–H and O–H groups in total. The molecule has 0 aliphatic heterocycles. The second-order valence-electron chi connectivity index (χ2n) is 1.49. The number of aromatic nitrogens is 1. The van der Waals surface area contributed by atoms with Crippen molar-refractivity contribution in [2.75, 3.05) is 0 Å². The average molecular weight is 176 g/mol. The average Bonchev–Trinajstić information content (AvgIpc) is 1.88. The van der Waals surface area contributed by atoms with E-state index < -0.39 is 10.4 Å². The van der Waals surface area contributed by atoms with Crippen molar-refractivity contribution in [3.63, 3.8) is 0 Å². The highest BCUT2D eigenvalue weighted by Crippen LogP contribution is 1.68. The molecule has 0 bridgehead atoms. The van der Waals surface area contributed by atoms with Gasteiger partial charge in [0.1, 0.15) is 0 Å². The Hall–Kier alpha value is -0.980. The summed E-state index contributed by atoms with van der Waals surface area (Å²) >= 11 is 0. The van der Waals surface area contributed by atoms with Gasteiger partial charge in [0.15, 0.2) is 12.4 Å². The minimum absolute atomic E-state index is 1.88. The summed E-state index contributed by atoms with van der Waals surface area (Å²) in [4.78, 5) is 2.89. The summed E-state index contributed by atoms with van der Waals surface area (Å²) in [6.45, 7) is 0. The highest BCUT2D eigenvalue weighted by atomic mass is 32.3. The number of nitrogens with one attached hydrogen (secondary N) is 1. The Morgan fingerprint density at radius 2 is 1.36 bits per heavy atom. The van der Waals surface area contributed by atoms with Crippen LogP contribution in [0.2, 0.25) is 0 Å². The fraction of sp³-hybridized carbons (Fsp3) is 0. The molecule has 6 heteroatoms. The van der Waals surface area contributed by atoms with Crippen molar-refractivity contribution in [1.82, 2.24) is 0 Å². The number of pyridine rings is 1. The van der Waals surface area contributed by atoms with Crippen LogP contribution < -0.4 is 4.98 Å². The molecule has 0 saturated heterocycles. The summed E-state index contributed by atoms with van der Waals surface area (Å²) in [6.07, 6.45) is 3.75. The van der Waals surface area contributed by atoms with Crippen LogP contribution in [0.15, 0.2) is 30.6 Å². The first-order valence-corrected chi connectivity index (χ1v) is 3.91. The Balaban J connectivity index is 0.000000187. The van der Waals surface area contributed by atoms with Crippen LogP contribution in [-0.2, 0) is 10.4 Å². The van der Waals surface area contributed by atoms with E-state index in [1.807, 2.05) is 30.6 Å². The molecule has 0 saturated carbocycles. The first kappa shape index (κ1) is 10.0. The SMILES string of the molecule is O=S(=O)([O-])[O-].c1cc[nH+]cc1. The van der Waals surface area contributed by atoms with Gasteiger partial charge in [0.05, 0.1) is 0 Å². The Morgan fingerprint density at radius 1 is 1.00 bits per heavy atom. The molecule has 0 amide bonds. The minimum Gasteiger partial charge on any atom is -0.759 e. The predicted molar refractivity (Wildman–Crippen MR) is 33.5 cm³/mol. The maximum atomic E-state index is 8.52. The molecule has 0 aromatic carbocycles. The first-order valence-electron chi connectivity index (χ1n) is 2.58. The highest BCUT2D eigenvalue weighted by molar-refractivity contribution is 7.79. The van der Waals surface area contributed by atoms with E-state index in [2.05, 4.69) is 4.98 Å². The zero-order valence-electron chi connectivity index (χ0n) is 5.43. The van der Waals surface area contributed by atoms with Crippen LogP contribution in [0.4, 0.5) is 0 Å². The first-order chi connectivity index (χ1) is 5.00. The lowest BCUT2D eigenvalue weighted by Crippen LogP contribution is -1.93. The molecule has 1 aromatic heterocycles. The van der Waals surface area contributed by atoms with Gasteiger partial charge in [-0.1, -0.05) is 6.07 Å². The lowest BCUT2D eigenvalue weighted by molar-refractivity contribution is -0.377. The van der Waals surface area contributed by atoms with Crippen LogP contribution in [0.25, 0.3) is 0 Å². The lowest BCUT2D eigenvalue weighted by Gasteiger charge is -2.06. The fourth-order valence-corrected chi connectivity index (χ4v) is 0.342. The largest absolute Gasteiger partial charge is 0.759 e. The van der Waals surface area contributed by atoms with Gasteiger partial charge in [-0.15, -0.1) is 0 Å². The molecule has 0 unspecified atom stereocenters. The zero-order chi connectivity index (χ0) is 8.74. The second kappa shape index (κ2) is 4.78. The van der Waals surface area contributed by atoms with Crippen LogP contribution >= 0.6 is 0 Å². The molecule has 1 heterocycles. The maximum absolute atomic E-state index is 8.52. The molecule has 0 aliphatic rings. The van der Waals surface area contributed by atoms with Crippen molar-refractivity contribution < 1.29 is 22.5 Å². The Bertz CT molecular complexity index is 235. The molecular weight excluding hydrogens is 170 g/mol. The van der Waals surface area contributed by atoms with Gasteiger partial charge in [0, 0.05) is 22.5 Å². The summed E-state index contributed by atoms with van der Waals surface area (Å²) in [6, 6.07) is 5.86. The number of rotatable bonds is 0. The van der Waals surface area contributed by atoms with E-state index in [9.17, 15) is 0 Å². The predicted octanol–water partition coefficient (Wildman–Crippen LogP) is -0.837. The van der Waals surface area contributed by atoms with Crippen molar-refractivity contribution in [2.45, 2.75) is 0 Å². The van der Waals surface area contributed by atoms with Crippen LogP contribution in [0.1, 0.15) is 0 Å². The molecule has 5 nitrogen and oxygen atoms in total. The molecule has 0 spiro atoms. The van der Waals surface area contributed by atoms with Crippen LogP contribution in [0, 0.1) is 0 Å². The van der Waals surface area contributed by atoms with E-state index in [-0.39, 0.29) is 0 Å². The minimum atomic E-state index is -5.17. The van der Waals surface area contributed by atoms with Crippen molar-refractivity contribution in [3.05, 3.63) is 30.6 Å². The van der Waals surface area contributed by atoms with Gasteiger partial charge < -0.3 is 9.11 Å². The zero-order valence-corrected chi connectivity index (χ0v) is 6.24. The molecule has 0 radical (unpaired) electrons. The van der Waals surface area contributed by atoms with E-state index in [1.165, 1.54) is 0 Å².